The van der Waals surface area contributed by atoms with E-state index in [1.165, 1.54) is 11.0 Å². The first kappa shape index (κ1) is 20.1. The molecule has 9 heteroatoms. The number of pyridine rings is 1. The van der Waals surface area contributed by atoms with Crippen LogP contribution in [-0.2, 0) is 4.74 Å². The number of amides is 1. The third-order valence-electron chi connectivity index (χ3n) is 5.92. The Labute approximate surface area is 183 Å². The number of thioether (sulfide) groups is 1. The Morgan fingerprint density at radius 2 is 1.97 bits per heavy atom. The third kappa shape index (κ3) is 3.82. The number of hydrogen-bond acceptors (Lipinski definition) is 7. The number of ketones is 1. The summed E-state index contributed by atoms with van der Waals surface area (Å²) in [4.78, 5) is 32.4. The fourth-order valence-electron chi connectivity index (χ4n) is 4.29. The van der Waals surface area contributed by atoms with Crippen molar-refractivity contribution in [2.75, 3.05) is 41.0 Å². The van der Waals surface area contributed by atoms with Gasteiger partial charge in [-0.1, -0.05) is 0 Å². The highest BCUT2D eigenvalue weighted by Crippen LogP contribution is 2.43. The molecule has 0 unspecified atom stereocenters. The summed E-state index contributed by atoms with van der Waals surface area (Å²) in [7, 11) is 0. The minimum absolute atomic E-state index is 0.0376. The standard InChI is InChI=1S/C22H22FN3O4S/c23-15-11-17-21(12-16(15)25-7-9-31-10-8-25)29-13-18-20(30-22(28)26(17)18)2-1-19(27)14-3-5-24-6-4-14/h3-6,11-12,18,20H,1-2,7-10,13H2/t18-,20-/m0/s1. The van der Waals surface area contributed by atoms with Crippen molar-refractivity contribution >= 4 is 35.0 Å². The van der Waals surface area contributed by atoms with Crippen LogP contribution in [0.25, 0.3) is 0 Å². The Hall–Kier alpha value is -2.81. The zero-order valence-corrected chi connectivity index (χ0v) is 17.6. The minimum Gasteiger partial charge on any atom is -0.489 e. The van der Waals surface area contributed by atoms with Crippen molar-refractivity contribution in [2.45, 2.75) is 25.0 Å². The number of Topliss-reactive ketones (excluding diaryl/α,β-unsaturated/α-hetero) is 1. The number of carbonyl (C=O) groups is 2. The number of benzene rings is 1. The van der Waals surface area contributed by atoms with Crippen LogP contribution >= 0.6 is 11.8 Å². The summed E-state index contributed by atoms with van der Waals surface area (Å²) < 4.78 is 26.4. The van der Waals surface area contributed by atoms with Gasteiger partial charge in [0.1, 0.15) is 30.3 Å². The predicted octanol–water partition coefficient (Wildman–Crippen LogP) is 3.52. The number of halogens is 1. The number of cyclic esters (lactones) is 1. The van der Waals surface area contributed by atoms with E-state index >= 15 is 0 Å². The quantitative estimate of drug-likeness (QED) is 0.655. The van der Waals surface area contributed by atoms with Crippen molar-refractivity contribution in [3.63, 3.8) is 0 Å². The molecule has 0 N–H and O–H groups in total. The van der Waals surface area contributed by atoms with Gasteiger partial charge in [-0.15, -0.1) is 0 Å². The molecule has 0 bridgehead atoms. The molecule has 1 aromatic carbocycles. The molecule has 0 spiro atoms. The van der Waals surface area contributed by atoms with Crippen LogP contribution < -0.4 is 14.5 Å². The summed E-state index contributed by atoms with van der Waals surface area (Å²) in [6.45, 7) is 1.80. The first-order valence-electron chi connectivity index (χ1n) is 10.3. The number of anilines is 2. The van der Waals surface area contributed by atoms with E-state index in [0.29, 0.717) is 29.1 Å². The lowest BCUT2D eigenvalue weighted by molar-refractivity contribution is 0.0901. The molecule has 1 amide bonds. The topological polar surface area (TPSA) is 72.0 Å². The molecular weight excluding hydrogens is 421 g/mol. The SMILES string of the molecule is O=C(CC[C@@H]1OC(=O)N2c3cc(F)c(N4CCSCC4)cc3OC[C@@H]12)c1ccncc1. The van der Waals surface area contributed by atoms with Crippen LogP contribution in [0.15, 0.2) is 36.7 Å². The molecule has 5 rings (SSSR count). The third-order valence-corrected chi connectivity index (χ3v) is 6.86. The number of rotatable bonds is 5. The van der Waals surface area contributed by atoms with Crippen molar-refractivity contribution in [1.82, 2.24) is 4.98 Å². The molecule has 2 saturated heterocycles. The van der Waals surface area contributed by atoms with E-state index in [-0.39, 0.29) is 30.7 Å². The van der Waals surface area contributed by atoms with Crippen LogP contribution in [0, 0.1) is 5.82 Å². The van der Waals surface area contributed by atoms with Gasteiger partial charge in [-0.2, -0.15) is 11.8 Å². The second kappa shape index (κ2) is 8.37. The van der Waals surface area contributed by atoms with Gasteiger partial charge in [0.05, 0.1) is 11.4 Å². The zero-order chi connectivity index (χ0) is 21.4. The Bertz CT molecular complexity index is 1000. The second-order valence-corrected chi connectivity index (χ2v) is 8.96. The Kier molecular flexibility index (Phi) is 5.43. The Morgan fingerprint density at radius 1 is 1.19 bits per heavy atom. The molecule has 7 nitrogen and oxygen atoms in total. The summed E-state index contributed by atoms with van der Waals surface area (Å²) in [5.41, 5.74) is 1.47. The number of ether oxygens (including phenoxy) is 2. The van der Waals surface area contributed by atoms with Crippen molar-refractivity contribution < 1.29 is 23.5 Å². The number of nitrogens with zero attached hydrogens (tertiary/aromatic N) is 3. The fraction of sp³-hybridized carbons (Fsp3) is 0.409. The highest BCUT2D eigenvalue weighted by Gasteiger charge is 2.46. The first-order chi connectivity index (χ1) is 15.1. The maximum atomic E-state index is 15.0. The van der Waals surface area contributed by atoms with E-state index in [1.54, 1.807) is 30.6 Å². The summed E-state index contributed by atoms with van der Waals surface area (Å²) in [5.74, 6) is 1.98. The van der Waals surface area contributed by atoms with E-state index in [1.807, 2.05) is 16.7 Å². The number of hydrogen-bond donors (Lipinski definition) is 0. The average Bonchev–Trinajstić information content (AvgIpc) is 3.14. The van der Waals surface area contributed by atoms with Crippen LogP contribution in [0.1, 0.15) is 23.2 Å². The second-order valence-electron chi connectivity index (χ2n) is 7.74. The van der Waals surface area contributed by atoms with E-state index < -0.39 is 12.2 Å². The summed E-state index contributed by atoms with van der Waals surface area (Å²) >= 11 is 1.85. The molecular formula is C22H22FN3O4S. The molecule has 1 aromatic heterocycles. The number of carbonyl (C=O) groups excluding carboxylic acids is 2. The summed E-state index contributed by atoms with van der Waals surface area (Å²) in [6.07, 6.45) is 2.73. The minimum atomic E-state index is -0.530. The Balaban J connectivity index is 1.32. The molecule has 0 aliphatic carbocycles. The first-order valence-corrected chi connectivity index (χ1v) is 11.5. The molecule has 2 atom stereocenters. The zero-order valence-electron chi connectivity index (χ0n) is 16.8. The molecule has 4 heterocycles. The maximum absolute atomic E-state index is 15.0. The van der Waals surface area contributed by atoms with E-state index in [0.717, 1.165) is 24.6 Å². The van der Waals surface area contributed by atoms with Gasteiger partial charge in [-0.05, 0) is 18.6 Å². The van der Waals surface area contributed by atoms with E-state index in [4.69, 9.17) is 9.47 Å². The van der Waals surface area contributed by atoms with Crippen LogP contribution in [0.4, 0.5) is 20.6 Å². The molecule has 3 aliphatic rings. The lowest BCUT2D eigenvalue weighted by Gasteiger charge is -2.34. The van der Waals surface area contributed by atoms with Crippen molar-refractivity contribution in [3.8, 4) is 5.75 Å². The number of fused-ring (bicyclic) bond motifs is 3. The van der Waals surface area contributed by atoms with Gasteiger partial charge < -0.3 is 14.4 Å². The highest BCUT2D eigenvalue weighted by molar-refractivity contribution is 7.99. The average molecular weight is 444 g/mol. The summed E-state index contributed by atoms with van der Waals surface area (Å²) in [5, 5.41) is 0. The smallest absolute Gasteiger partial charge is 0.415 e. The fourth-order valence-corrected chi connectivity index (χ4v) is 5.19. The van der Waals surface area contributed by atoms with E-state index in [2.05, 4.69) is 4.98 Å². The van der Waals surface area contributed by atoms with Crippen LogP contribution in [0.2, 0.25) is 0 Å². The summed E-state index contributed by atoms with van der Waals surface area (Å²) in [6, 6.07) is 5.99. The molecule has 2 aromatic rings. The van der Waals surface area contributed by atoms with Crippen molar-refractivity contribution in [2.24, 2.45) is 0 Å². The predicted molar refractivity (Wildman–Crippen MR) is 116 cm³/mol. The molecule has 162 valence electrons. The van der Waals surface area contributed by atoms with Gasteiger partial charge in [0.2, 0.25) is 0 Å². The van der Waals surface area contributed by atoms with Crippen molar-refractivity contribution in [1.29, 1.82) is 0 Å². The lowest BCUT2D eigenvalue weighted by atomic mass is 10.00. The van der Waals surface area contributed by atoms with Gasteiger partial charge in [0.15, 0.2) is 5.78 Å². The molecule has 2 fully saturated rings. The monoisotopic (exact) mass is 443 g/mol. The number of aromatic nitrogens is 1. The molecule has 0 saturated carbocycles. The van der Waals surface area contributed by atoms with E-state index in [9.17, 15) is 14.0 Å². The normalized spacial score (nSPS) is 22.4. The van der Waals surface area contributed by atoms with Gasteiger partial charge in [-0.3, -0.25) is 14.7 Å². The molecule has 3 aliphatic heterocycles. The van der Waals surface area contributed by atoms with Gasteiger partial charge >= 0.3 is 6.09 Å². The van der Waals surface area contributed by atoms with Gasteiger partial charge in [0.25, 0.3) is 0 Å². The maximum Gasteiger partial charge on any atom is 0.415 e. The Morgan fingerprint density at radius 3 is 2.74 bits per heavy atom. The van der Waals surface area contributed by atoms with Crippen LogP contribution in [0.5, 0.6) is 5.75 Å². The molecule has 0 radical (unpaired) electrons. The molecule has 31 heavy (non-hydrogen) atoms. The highest BCUT2D eigenvalue weighted by atomic mass is 32.2. The largest absolute Gasteiger partial charge is 0.489 e. The lowest BCUT2D eigenvalue weighted by Crippen LogP contribution is -2.44. The van der Waals surface area contributed by atoms with Crippen LogP contribution in [0.3, 0.4) is 0 Å². The van der Waals surface area contributed by atoms with Crippen LogP contribution in [-0.4, -0.2) is 60.2 Å². The van der Waals surface area contributed by atoms with Gasteiger partial charge in [-0.25, -0.2) is 9.18 Å². The van der Waals surface area contributed by atoms with Crippen molar-refractivity contribution in [3.05, 3.63) is 48.0 Å². The van der Waals surface area contributed by atoms with Gasteiger partial charge in [0, 0.05) is 61.1 Å².